The summed E-state index contributed by atoms with van der Waals surface area (Å²) in [5.41, 5.74) is 0.333. The Morgan fingerprint density at radius 2 is 1.82 bits per heavy atom. The SMILES string of the molecule is CC(C)(C)OC(=O)N[C@@H](COS(C)(=O)=O)Cc1ccccc1. The van der Waals surface area contributed by atoms with E-state index in [0.29, 0.717) is 6.42 Å². The van der Waals surface area contributed by atoms with Gasteiger partial charge in [0.15, 0.2) is 0 Å². The number of alkyl carbamates (subject to hydrolysis) is 1. The monoisotopic (exact) mass is 329 g/mol. The third-order valence-electron chi connectivity index (χ3n) is 2.53. The van der Waals surface area contributed by atoms with Crippen LogP contribution >= 0.6 is 0 Å². The zero-order valence-corrected chi connectivity index (χ0v) is 14.1. The summed E-state index contributed by atoms with van der Waals surface area (Å²) in [7, 11) is -3.57. The van der Waals surface area contributed by atoms with Gasteiger partial charge in [0, 0.05) is 0 Å². The van der Waals surface area contributed by atoms with Crippen LogP contribution < -0.4 is 5.32 Å². The van der Waals surface area contributed by atoms with Crippen molar-refractivity contribution in [2.24, 2.45) is 0 Å². The smallest absolute Gasteiger partial charge is 0.407 e. The lowest BCUT2D eigenvalue weighted by Gasteiger charge is -2.23. The van der Waals surface area contributed by atoms with Crippen LogP contribution in [-0.2, 0) is 25.5 Å². The molecule has 0 aliphatic rings. The fourth-order valence-electron chi connectivity index (χ4n) is 1.73. The predicted molar refractivity (Wildman–Crippen MR) is 84.1 cm³/mol. The molecule has 124 valence electrons. The van der Waals surface area contributed by atoms with Crippen molar-refractivity contribution in [3.8, 4) is 0 Å². The second-order valence-electron chi connectivity index (χ2n) is 6.02. The number of rotatable bonds is 6. The van der Waals surface area contributed by atoms with Gasteiger partial charge in [-0.05, 0) is 32.8 Å². The highest BCUT2D eigenvalue weighted by Crippen LogP contribution is 2.09. The number of ether oxygens (including phenoxy) is 1. The molecule has 0 heterocycles. The van der Waals surface area contributed by atoms with Gasteiger partial charge in [-0.3, -0.25) is 4.18 Å². The summed E-state index contributed by atoms with van der Waals surface area (Å²) in [5.74, 6) is 0. The van der Waals surface area contributed by atoms with Crippen molar-refractivity contribution in [3.63, 3.8) is 0 Å². The molecule has 0 unspecified atom stereocenters. The van der Waals surface area contributed by atoms with Crippen LogP contribution in [0.1, 0.15) is 26.3 Å². The first-order chi connectivity index (χ1) is 10.1. The molecule has 1 rings (SSSR count). The summed E-state index contributed by atoms with van der Waals surface area (Å²) >= 11 is 0. The Morgan fingerprint density at radius 1 is 1.23 bits per heavy atom. The van der Waals surface area contributed by atoms with Gasteiger partial charge in [-0.15, -0.1) is 0 Å². The van der Waals surface area contributed by atoms with E-state index in [-0.39, 0.29) is 6.61 Å². The zero-order chi connectivity index (χ0) is 16.8. The van der Waals surface area contributed by atoms with Crippen LogP contribution in [0.25, 0.3) is 0 Å². The molecule has 1 atom stereocenters. The van der Waals surface area contributed by atoms with Crippen LogP contribution in [-0.4, -0.2) is 39.0 Å². The van der Waals surface area contributed by atoms with Gasteiger partial charge in [-0.25, -0.2) is 4.79 Å². The summed E-state index contributed by atoms with van der Waals surface area (Å²) < 4.78 is 32.3. The predicted octanol–water partition coefficient (Wildman–Crippen LogP) is 2.10. The highest BCUT2D eigenvalue weighted by atomic mass is 32.2. The third kappa shape index (κ3) is 8.63. The summed E-state index contributed by atoms with van der Waals surface area (Å²) in [6, 6.07) is 8.91. The minimum absolute atomic E-state index is 0.146. The molecule has 6 nitrogen and oxygen atoms in total. The molecule has 0 saturated heterocycles. The minimum atomic E-state index is -3.57. The Kier molecular flexibility index (Phi) is 6.37. The van der Waals surface area contributed by atoms with E-state index in [1.54, 1.807) is 20.8 Å². The Hall–Kier alpha value is -1.60. The molecule has 0 radical (unpaired) electrons. The summed E-state index contributed by atoms with van der Waals surface area (Å²) in [4.78, 5) is 11.8. The van der Waals surface area contributed by atoms with Crippen molar-refractivity contribution in [1.29, 1.82) is 0 Å². The van der Waals surface area contributed by atoms with E-state index in [9.17, 15) is 13.2 Å². The van der Waals surface area contributed by atoms with Crippen molar-refractivity contribution in [1.82, 2.24) is 5.32 Å². The maximum absolute atomic E-state index is 11.8. The van der Waals surface area contributed by atoms with E-state index in [0.717, 1.165) is 11.8 Å². The second-order valence-corrected chi connectivity index (χ2v) is 7.67. The van der Waals surface area contributed by atoms with E-state index in [2.05, 4.69) is 5.32 Å². The first-order valence-corrected chi connectivity index (χ1v) is 8.75. The van der Waals surface area contributed by atoms with Crippen LogP contribution in [0.15, 0.2) is 30.3 Å². The highest BCUT2D eigenvalue weighted by Gasteiger charge is 2.21. The number of carbonyl (C=O) groups excluding carboxylic acids is 1. The topological polar surface area (TPSA) is 81.7 Å². The standard InChI is InChI=1S/C15H23NO5S/c1-15(2,3)21-14(17)16-13(11-20-22(4,18)19)10-12-8-6-5-7-9-12/h5-9,13H,10-11H2,1-4H3,(H,16,17)/t13-/m1/s1. The van der Waals surface area contributed by atoms with Crippen molar-refractivity contribution in [2.45, 2.75) is 38.8 Å². The second kappa shape index (κ2) is 7.60. The lowest BCUT2D eigenvalue weighted by atomic mass is 10.1. The molecule has 1 aromatic carbocycles. The van der Waals surface area contributed by atoms with Crippen LogP contribution in [0.4, 0.5) is 4.79 Å². The zero-order valence-electron chi connectivity index (χ0n) is 13.3. The Bertz CT molecular complexity index is 578. The molecule has 22 heavy (non-hydrogen) atoms. The normalized spacial score (nSPS) is 13.5. The lowest BCUT2D eigenvalue weighted by Crippen LogP contribution is -2.43. The van der Waals surface area contributed by atoms with Crippen LogP contribution in [0.2, 0.25) is 0 Å². The lowest BCUT2D eigenvalue weighted by molar-refractivity contribution is 0.0488. The largest absolute Gasteiger partial charge is 0.444 e. The number of nitrogens with one attached hydrogen (secondary N) is 1. The summed E-state index contributed by atoms with van der Waals surface area (Å²) in [6.07, 6.45) is 0.806. The van der Waals surface area contributed by atoms with Gasteiger partial charge < -0.3 is 10.1 Å². The van der Waals surface area contributed by atoms with Crippen LogP contribution in [0, 0.1) is 0 Å². The molecule has 0 aliphatic heterocycles. The highest BCUT2D eigenvalue weighted by molar-refractivity contribution is 7.85. The van der Waals surface area contributed by atoms with Crippen LogP contribution in [0.3, 0.4) is 0 Å². The van der Waals surface area contributed by atoms with E-state index in [1.165, 1.54) is 0 Å². The van der Waals surface area contributed by atoms with E-state index in [4.69, 9.17) is 8.92 Å². The van der Waals surface area contributed by atoms with Gasteiger partial charge >= 0.3 is 6.09 Å². The minimum Gasteiger partial charge on any atom is -0.444 e. The molecule has 0 aromatic heterocycles. The Morgan fingerprint density at radius 3 is 2.32 bits per heavy atom. The molecule has 0 saturated carbocycles. The summed E-state index contributed by atoms with van der Waals surface area (Å²) in [5, 5.41) is 2.64. The fraction of sp³-hybridized carbons (Fsp3) is 0.533. The molecule has 0 bridgehead atoms. The molecular weight excluding hydrogens is 306 g/mol. The van der Waals surface area contributed by atoms with E-state index >= 15 is 0 Å². The number of amides is 1. The van der Waals surface area contributed by atoms with Gasteiger partial charge in [0.2, 0.25) is 0 Å². The molecule has 7 heteroatoms. The molecule has 1 aromatic rings. The summed E-state index contributed by atoms with van der Waals surface area (Å²) in [6.45, 7) is 5.12. The number of carbonyl (C=O) groups is 1. The van der Waals surface area contributed by atoms with Gasteiger partial charge in [0.1, 0.15) is 5.60 Å². The first kappa shape index (κ1) is 18.4. The van der Waals surface area contributed by atoms with E-state index in [1.807, 2.05) is 30.3 Å². The fourth-order valence-corrected chi connectivity index (χ4v) is 2.14. The molecule has 0 fully saturated rings. The van der Waals surface area contributed by atoms with Gasteiger partial charge in [0.25, 0.3) is 10.1 Å². The number of hydrogen-bond donors (Lipinski definition) is 1. The number of benzene rings is 1. The maximum atomic E-state index is 11.8. The third-order valence-corrected chi connectivity index (χ3v) is 3.09. The van der Waals surface area contributed by atoms with Crippen LogP contribution in [0.5, 0.6) is 0 Å². The van der Waals surface area contributed by atoms with Gasteiger partial charge in [0.05, 0.1) is 18.9 Å². The average Bonchev–Trinajstić information content (AvgIpc) is 2.34. The average molecular weight is 329 g/mol. The molecule has 0 aliphatic carbocycles. The molecular formula is C15H23NO5S. The van der Waals surface area contributed by atoms with Crippen molar-refractivity contribution in [2.75, 3.05) is 12.9 Å². The molecule has 1 amide bonds. The Balaban J connectivity index is 2.71. The molecule has 0 spiro atoms. The van der Waals surface area contributed by atoms with E-state index < -0.39 is 27.9 Å². The first-order valence-electron chi connectivity index (χ1n) is 6.93. The maximum Gasteiger partial charge on any atom is 0.407 e. The van der Waals surface area contributed by atoms with Crippen molar-refractivity contribution < 1.29 is 22.1 Å². The van der Waals surface area contributed by atoms with Gasteiger partial charge in [-0.1, -0.05) is 30.3 Å². The van der Waals surface area contributed by atoms with Crippen molar-refractivity contribution >= 4 is 16.2 Å². The van der Waals surface area contributed by atoms with Crippen molar-refractivity contribution in [3.05, 3.63) is 35.9 Å². The molecule has 1 N–H and O–H groups in total. The Labute approximate surface area is 131 Å². The number of hydrogen-bond acceptors (Lipinski definition) is 5. The quantitative estimate of drug-likeness (QED) is 0.808. The van der Waals surface area contributed by atoms with Gasteiger partial charge in [-0.2, -0.15) is 8.42 Å².